The summed E-state index contributed by atoms with van der Waals surface area (Å²) in [6, 6.07) is 14.3. The highest BCUT2D eigenvalue weighted by Crippen LogP contribution is 2.30. The average molecular weight is 530 g/mol. The van der Waals surface area contributed by atoms with Gasteiger partial charge in [-0.1, -0.05) is 51.2 Å². The van der Waals surface area contributed by atoms with Crippen LogP contribution in [0.25, 0.3) is 10.2 Å². The Labute approximate surface area is 218 Å². The number of carbonyl (C=O) groups is 1. The number of hydrogen-bond donors (Lipinski definition) is 0. The van der Waals surface area contributed by atoms with E-state index in [0.29, 0.717) is 36.9 Å². The van der Waals surface area contributed by atoms with E-state index in [-0.39, 0.29) is 28.7 Å². The maximum atomic E-state index is 13.2. The van der Waals surface area contributed by atoms with Gasteiger partial charge in [0.25, 0.3) is 11.1 Å². The molecule has 3 aromatic rings. The third-order valence-corrected chi connectivity index (χ3v) is 8.92. The molecule has 7 nitrogen and oxygen atoms in total. The Morgan fingerprint density at radius 3 is 2.22 bits per heavy atom. The highest BCUT2D eigenvalue weighted by atomic mass is 32.2. The molecule has 0 radical (unpaired) electrons. The molecule has 1 aliphatic rings. The summed E-state index contributed by atoms with van der Waals surface area (Å²) >= 11 is 1.54. The lowest BCUT2D eigenvalue weighted by atomic mass is 10.1. The Balaban J connectivity index is 1.36. The van der Waals surface area contributed by atoms with E-state index in [0.717, 1.165) is 23.1 Å². The first-order valence-electron chi connectivity index (χ1n) is 12.5. The summed E-state index contributed by atoms with van der Waals surface area (Å²) in [5, 5.41) is 0.668. The molecule has 194 valence electrons. The predicted octanol–water partition coefficient (Wildman–Crippen LogP) is 5.28. The zero-order valence-corrected chi connectivity index (χ0v) is 23.0. The van der Waals surface area contributed by atoms with E-state index < -0.39 is 10.0 Å². The van der Waals surface area contributed by atoms with E-state index in [4.69, 9.17) is 4.74 Å². The summed E-state index contributed by atoms with van der Waals surface area (Å²) in [6.45, 7) is 10.2. The molecule has 0 spiro atoms. The van der Waals surface area contributed by atoms with E-state index in [1.54, 1.807) is 28.6 Å². The van der Waals surface area contributed by atoms with Crippen molar-refractivity contribution in [3.05, 3.63) is 54.1 Å². The number of aromatic nitrogens is 1. The number of nitrogens with zero attached hydrogens (tertiary/aromatic N) is 3. The van der Waals surface area contributed by atoms with Crippen LogP contribution >= 0.6 is 11.3 Å². The molecule has 0 bridgehead atoms. The van der Waals surface area contributed by atoms with Crippen LogP contribution in [0, 0.1) is 11.8 Å². The van der Waals surface area contributed by atoms with E-state index in [1.807, 2.05) is 56.9 Å². The largest absolute Gasteiger partial charge is 0.467 e. The number of hydrogen-bond acceptors (Lipinski definition) is 6. The Hall–Kier alpha value is -2.49. The smallest absolute Gasteiger partial charge is 0.274 e. The van der Waals surface area contributed by atoms with Crippen LogP contribution in [0.2, 0.25) is 0 Å². The molecule has 1 fully saturated rings. The third-order valence-electron chi connectivity index (χ3n) is 6.15. The number of amides is 1. The molecule has 36 heavy (non-hydrogen) atoms. The van der Waals surface area contributed by atoms with Crippen LogP contribution < -0.4 is 4.74 Å². The number of para-hydroxylation sites is 1. The Kier molecular flexibility index (Phi) is 8.32. The van der Waals surface area contributed by atoms with Gasteiger partial charge in [0.1, 0.15) is 6.10 Å². The highest BCUT2D eigenvalue weighted by molar-refractivity contribution is 7.89. The fourth-order valence-electron chi connectivity index (χ4n) is 4.41. The van der Waals surface area contributed by atoms with E-state index in [2.05, 4.69) is 4.98 Å². The second-order valence-corrected chi connectivity index (χ2v) is 13.1. The number of carbonyl (C=O) groups excluding carboxylic acids is 1. The number of sulfonamides is 1. The molecule has 0 unspecified atom stereocenters. The van der Waals surface area contributed by atoms with Crippen LogP contribution in [-0.2, 0) is 10.0 Å². The minimum absolute atomic E-state index is 0.0232. The van der Waals surface area contributed by atoms with Crippen molar-refractivity contribution in [3.63, 3.8) is 0 Å². The van der Waals surface area contributed by atoms with Gasteiger partial charge in [0.15, 0.2) is 0 Å². The first-order chi connectivity index (χ1) is 17.1. The minimum Gasteiger partial charge on any atom is -0.467 e. The van der Waals surface area contributed by atoms with Crippen molar-refractivity contribution < 1.29 is 17.9 Å². The first-order valence-corrected chi connectivity index (χ1v) is 14.8. The van der Waals surface area contributed by atoms with Crippen LogP contribution in [0.3, 0.4) is 0 Å². The van der Waals surface area contributed by atoms with Gasteiger partial charge in [0, 0.05) is 44.6 Å². The Morgan fingerprint density at radius 1 is 1.03 bits per heavy atom. The third kappa shape index (κ3) is 6.25. The molecule has 0 atom stereocenters. The molecular formula is C27H35N3O4S2. The highest BCUT2D eigenvalue weighted by Gasteiger charge is 2.28. The van der Waals surface area contributed by atoms with Crippen LogP contribution in [0.5, 0.6) is 5.19 Å². The van der Waals surface area contributed by atoms with Crippen molar-refractivity contribution in [2.45, 2.75) is 51.5 Å². The van der Waals surface area contributed by atoms with Gasteiger partial charge < -0.3 is 9.64 Å². The van der Waals surface area contributed by atoms with Gasteiger partial charge in [-0.25, -0.2) is 13.4 Å². The minimum atomic E-state index is -3.62. The second kappa shape index (κ2) is 11.3. The standard InChI is InChI=1S/C27H35N3O4S2/c1-19(2)17-30(18-20(3)4)36(32,33)23-11-9-21(10-12-23)26(31)29-15-13-22(14-16-29)34-27-28-24-7-5-6-8-25(24)35-27/h5-12,19-20,22H,13-18H2,1-4H3. The normalized spacial score (nSPS) is 15.4. The summed E-state index contributed by atoms with van der Waals surface area (Å²) < 4.78 is 35.2. The fraction of sp³-hybridized carbons (Fsp3) is 0.481. The molecule has 1 amide bonds. The lowest BCUT2D eigenvalue weighted by molar-refractivity contribution is 0.0595. The molecule has 1 aliphatic heterocycles. The van der Waals surface area contributed by atoms with Crippen LogP contribution in [0.4, 0.5) is 0 Å². The summed E-state index contributed by atoms with van der Waals surface area (Å²) in [6.07, 6.45) is 1.48. The van der Waals surface area contributed by atoms with Crippen LogP contribution in [0.15, 0.2) is 53.4 Å². The number of thiazole rings is 1. The van der Waals surface area contributed by atoms with Gasteiger partial charge in [-0.2, -0.15) is 4.31 Å². The first kappa shape index (κ1) is 26.6. The second-order valence-electron chi connectivity index (χ2n) is 10.2. The fourth-order valence-corrected chi connectivity index (χ4v) is 7.06. The predicted molar refractivity (Wildman–Crippen MR) is 144 cm³/mol. The molecular weight excluding hydrogens is 494 g/mol. The maximum Gasteiger partial charge on any atom is 0.274 e. The summed E-state index contributed by atoms with van der Waals surface area (Å²) in [7, 11) is -3.62. The van der Waals surface area contributed by atoms with Gasteiger partial charge in [0.05, 0.1) is 15.1 Å². The van der Waals surface area contributed by atoms with E-state index >= 15 is 0 Å². The number of ether oxygens (including phenoxy) is 1. The quantitative estimate of drug-likeness (QED) is 0.377. The van der Waals surface area contributed by atoms with Gasteiger partial charge in [-0.3, -0.25) is 4.79 Å². The van der Waals surface area contributed by atoms with Crippen molar-refractivity contribution in [1.82, 2.24) is 14.2 Å². The summed E-state index contributed by atoms with van der Waals surface area (Å²) in [5.74, 6) is 0.362. The molecule has 9 heteroatoms. The zero-order valence-electron chi connectivity index (χ0n) is 21.4. The molecule has 1 aromatic heterocycles. The molecule has 0 aliphatic carbocycles. The topological polar surface area (TPSA) is 79.8 Å². The monoisotopic (exact) mass is 529 g/mol. The van der Waals surface area contributed by atoms with Gasteiger partial charge in [-0.15, -0.1) is 0 Å². The zero-order chi connectivity index (χ0) is 25.9. The molecule has 1 saturated heterocycles. The molecule has 2 aromatic carbocycles. The number of benzene rings is 2. The van der Waals surface area contributed by atoms with Crippen molar-refractivity contribution in [2.75, 3.05) is 26.2 Å². The number of piperidine rings is 1. The van der Waals surface area contributed by atoms with Crippen molar-refractivity contribution in [1.29, 1.82) is 0 Å². The van der Waals surface area contributed by atoms with Crippen LogP contribution in [-0.4, -0.2) is 60.8 Å². The van der Waals surface area contributed by atoms with Gasteiger partial charge in [-0.05, 0) is 48.2 Å². The summed E-state index contributed by atoms with van der Waals surface area (Å²) in [4.78, 5) is 19.7. The SMILES string of the molecule is CC(C)CN(CC(C)C)S(=O)(=O)c1ccc(C(=O)N2CCC(Oc3nc4ccccc4s3)CC2)cc1. The van der Waals surface area contributed by atoms with E-state index in [1.165, 1.54) is 11.3 Å². The van der Waals surface area contributed by atoms with Crippen molar-refractivity contribution >= 4 is 37.5 Å². The average Bonchev–Trinajstić information content (AvgIpc) is 3.25. The Bertz CT molecular complexity index is 1230. The van der Waals surface area contributed by atoms with Crippen LogP contribution in [0.1, 0.15) is 50.9 Å². The van der Waals surface area contributed by atoms with E-state index in [9.17, 15) is 13.2 Å². The molecule has 0 N–H and O–H groups in total. The van der Waals surface area contributed by atoms with Gasteiger partial charge in [0.2, 0.25) is 10.0 Å². The van der Waals surface area contributed by atoms with Gasteiger partial charge >= 0.3 is 0 Å². The lowest BCUT2D eigenvalue weighted by Crippen LogP contribution is -2.41. The number of fused-ring (bicyclic) bond motifs is 1. The Morgan fingerprint density at radius 2 is 1.64 bits per heavy atom. The van der Waals surface area contributed by atoms with Crippen molar-refractivity contribution in [3.8, 4) is 5.19 Å². The number of rotatable bonds is 9. The molecule has 0 saturated carbocycles. The number of likely N-dealkylation sites (tertiary alicyclic amines) is 1. The maximum absolute atomic E-state index is 13.2. The van der Waals surface area contributed by atoms with Crippen molar-refractivity contribution in [2.24, 2.45) is 11.8 Å². The molecule has 2 heterocycles. The summed E-state index contributed by atoms with van der Waals surface area (Å²) in [5.41, 5.74) is 1.44. The molecule has 4 rings (SSSR count). The lowest BCUT2D eigenvalue weighted by Gasteiger charge is -2.31.